The molecule has 54 valence electrons. The van der Waals surface area contributed by atoms with Gasteiger partial charge in [-0.05, 0) is 13.3 Å². The lowest BCUT2D eigenvalue weighted by molar-refractivity contribution is -0.137. The predicted molar refractivity (Wildman–Crippen MR) is 35.0 cm³/mol. The van der Waals surface area contributed by atoms with Gasteiger partial charge in [-0.3, -0.25) is 4.79 Å². The lowest BCUT2D eigenvalue weighted by Gasteiger charge is -2.17. The van der Waals surface area contributed by atoms with Crippen molar-refractivity contribution in [3.8, 4) is 0 Å². The summed E-state index contributed by atoms with van der Waals surface area (Å²) >= 11 is 0. The predicted octanol–water partition coefficient (Wildman–Crippen LogP) is -0.107. The molecule has 1 unspecified atom stereocenters. The van der Waals surface area contributed by atoms with E-state index in [1.54, 1.807) is 6.92 Å². The van der Waals surface area contributed by atoms with Crippen LogP contribution in [-0.4, -0.2) is 23.7 Å². The van der Waals surface area contributed by atoms with Crippen LogP contribution in [-0.2, 0) is 4.79 Å². The molecule has 0 bridgehead atoms. The van der Waals surface area contributed by atoms with Gasteiger partial charge in [-0.2, -0.15) is 0 Å². The highest BCUT2D eigenvalue weighted by atomic mass is 16.3. The van der Waals surface area contributed by atoms with Gasteiger partial charge in [0.2, 0.25) is 0 Å². The molecule has 1 amide bonds. The molecule has 1 atom stereocenters. The topological polar surface area (TPSA) is 49.3 Å². The summed E-state index contributed by atoms with van der Waals surface area (Å²) in [5, 5.41) is 11.5. The van der Waals surface area contributed by atoms with Crippen LogP contribution in [0.1, 0.15) is 20.3 Å². The number of hydrogen-bond acceptors (Lipinski definition) is 2. The summed E-state index contributed by atoms with van der Waals surface area (Å²) in [7, 11) is 1.51. The fourth-order valence-electron chi connectivity index (χ4n) is 0.430. The molecule has 9 heavy (non-hydrogen) atoms. The second-order valence-corrected chi connectivity index (χ2v) is 2.21. The lowest BCUT2D eigenvalue weighted by Crippen LogP contribution is -2.42. The molecule has 0 aromatic rings. The van der Waals surface area contributed by atoms with Crippen molar-refractivity contribution in [3.05, 3.63) is 0 Å². The van der Waals surface area contributed by atoms with Crippen LogP contribution in [0.4, 0.5) is 0 Å². The van der Waals surface area contributed by atoms with Gasteiger partial charge in [-0.1, -0.05) is 6.92 Å². The number of carbonyl (C=O) groups is 1. The molecule has 0 fully saturated rings. The summed E-state index contributed by atoms with van der Waals surface area (Å²) in [5.74, 6) is -0.329. The van der Waals surface area contributed by atoms with E-state index in [1.165, 1.54) is 14.0 Å². The summed E-state index contributed by atoms with van der Waals surface area (Å²) in [6.07, 6.45) is 0.437. The Balaban J connectivity index is 3.97. The second kappa shape index (κ2) is 2.82. The van der Waals surface area contributed by atoms with E-state index in [9.17, 15) is 9.90 Å². The van der Waals surface area contributed by atoms with Crippen LogP contribution in [0.25, 0.3) is 0 Å². The first kappa shape index (κ1) is 8.43. The maximum atomic E-state index is 10.7. The van der Waals surface area contributed by atoms with Gasteiger partial charge in [0.15, 0.2) is 0 Å². The van der Waals surface area contributed by atoms with Crippen molar-refractivity contribution in [3.63, 3.8) is 0 Å². The zero-order chi connectivity index (χ0) is 7.49. The first-order valence-corrected chi connectivity index (χ1v) is 2.99. The van der Waals surface area contributed by atoms with Gasteiger partial charge in [0.25, 0.3) is 5.91 Å². The summed E-state index contributed by atoms with van der Waals surface area (Å²) in [4.78, 5) is 10.7. The van der Waals surface area contributed by atoms with Gasteiger partial charge < -0.3 is 10.4 Å². The summed E-state index contributed by atoms with van der Waals surface area (Å²) < 4.78 is 0. The van der Waals surface area contributed by atoms with E-state index in [1.807, 2.05) is 0 Å². The Hall–Kier alpha value is -0.570. The average Bonchev–Trinajstić information content (AvgIpc) is 1.86. The number of carbonyl (C=O) groups excluding carboxylic acids is 1. The summed E-state index contributed by atoms with van der Waals surface area (Å²) in [5.41, 5.74) is -1.20. The highest BCUT2D eigenvalue weighted by molar-refractivity contribution is 5.83. The van der Waals surface area contributed by atoms with E-state index >= 15 is 0 Å². The molecular weight excluding hydrogens is 118 g/mol. The molecule has 0 aliphatic heterocycles. The standard InChI is InChI=1S/C6H13NO2/c1-4-6(2,9)5(8)7-3/h9H,4H2,1-3H3,(H,7,8). The molecule has 0 aliphatic rings. The molecule has 0 aromatic heterocycles. The Labute approximate surface area is 55.1 Å². The number of likely N-dealkylation sites (N-methyl/N-ethyl adjacent to an activating group) is 1. The molecule has 0 spiro atoms. The van der Waals surface area contributed by atoms with Gasteiger partial charge >= 0.3 is 0 Å². The van der Waals surface area contributed by atoms with Crippen LogP contribution in [0.3, 0.4) is 0 Å². The van der Waals surface area contributed by atoms with Crippen LogP contribution in [0.15, 0.2) is 0 Å². The lowest BCUT2D eigenvalue weighted by atomic mass is 10.0. The molecule has 0 aromatic carbocycles. The Morgan fingerprint density at radius 3 is 2.33 bits per heavy atom. The van der Waals surface area contributed by atoms with Crippen LogP contribution >= 0.6 is 0 Å². The van der Waals surface area contributed by atoms with E-state index in [0.717, 1.165) is 0 Å². The van der Waals surface area contributed by atoms with E-state index in [2.05, 4.69) is 5.32 Å². The average molecular weight is 131 g/mol. The number of hydrogen-bond donors (Lipinski definition) is 2. The molecule has 0 rings (SSSR count). The maximum absolute atomic E-state index is 10.7. The first-order chi connectivity index (χ1) is 4.04. The van der Waals surface area contributed by atoms with Gasteiger partial charge in [-0.15, -0.1) is 0 Å². The fraction of sp³-hybridized carbons (Fsp3) is 0.833. The van der Waals surface area contributed by atoms with Gasteiger partial charge in [0.05, 0.1) is 0 Å². The zero-order valence-electron chi connectivity index (χ0n) is 6.06. The Bertz CT molecular complexity index is 110. The largest absolute Gasteiger partial charge is 0.380 e. The van der Waals surface area contributed by atoms with Crippen molar-refractivity contribution in [2.24, 2.45) is 0 Å². The highest BCUT2D eigenvalue weighted by Crippen LogP contribution is 2.06. The zero-order valence-corrected chi connectivity index (χ0v) is 6.06. The minimum Gasteiger partial charge on any atom is -0.380 e. The number of amides is 1. The summed E-state index contributed by atoms with van der Waals surface area (Å²) in [6, 6.07) is 0. The molecule has 0 saturated carbocycles. The molecule has 0 saturated heterocycles. The molecule has 3 heteroatoms. The van der Waals surface area contributed by atoms with Crippen molar-refractivity contribution < 1.29 is 9.90 Å². The third kappa shape index (κ3) is 2.01. The normalized spacial score (nSPS) is 16.4. The number of rotatable bonds is 2. The van der Waals surface area contributed by atoms with Crippen molar-refractivity contribution in [1.29, 1.82) is 0 Å². The Morgan fingerprint density at radius 1 is 1.78 bits per heavy atom. The molecular formula is C6H13NO2. The molecule has 3 nitrogen and oxygen atoms in total. The van der Waals surface area contributed by atoms with Crippen LogP contribution < -0.4 is 5.32 Å². The maximum Gasteiger partial charge on any atom is 0.251 e. The minimum atomic E-state index is -1.20. The molecule has 0 heterocycles. The van der Waals surface area contributed by atoms with Gasteiger partial charge in [0, 0.05) is 7.05 Å². The smallest absolute Gasteiger partial charge is 0.251 e. The van der Waals surface area contributed by atoms with Gasteiger partial charge in [0.1, 0.15) is 5.60 Å². The second-order valence-electron chi connectivity index (χ2n) is 2.21. The highest BCUT2D eigenvalue weighted by Gasteiger charge is 2.25. The molecule has 0 radical (unpaired) electrons. The van der Waals surface area contributed by atoms with Crippen LogP contribution in [0, 0.1) is 0 Å². The van der Waals surface area contributed by atoms with Crippen molar-refractivity contribution in [2.45, 2.75) is 25.9 Å². The number of nitrogens with one attached hydrogen (secondary N) is 1. The van der Waals surface area contributed by atoms with E-state index in [-0.39, 0.29) is 5.91 Å². The number of aliphatic hydroxyl groups is 1. The monoisotopic (exact) mass is 131 g/mol. The van der Waals surface area contributed by atoms with E-state index in [4.69, 9.17) is 0 Å². The van der Waals surface area contributed by atoms with Crippen LogP contribution in [0.5, 0.6) is 0 Å². The third-order valence-corrected chi connectivity index (χ3v) is 1.40. The Kier molecular flexibility index (Phi) is 2.65. The molecule has 2 N–H and O–H groups in total. The fourth-order valence-corrected chi connectivity index (χ4v) is 0.430. The third-order valence-electron chi connectivity index (χ3n) is 1.40. The first-order valence-electron chi connectivity index (χ1n) is 2.99. The van der Waals surface area contributed by atoms with Crippen molar-refractivity contribution >= 4 is 5.91 Å². The van der Waals surface area contributed by atoms with E-state index in [0.29, 0.717) is 6.42 Å². The summed E-state index contributed by atoms with van der Waals surface area (Å²) in [6.45, 7) is 3.25. The quantitative estimate of drug-likeness (QED) is 0.549. The minimum absolute atomic E-state index is 0.329. The SMILES string of the molecule is CCC(C)(O)C(=O)NC. The van der Waals surface area contributed by atoms with Crippen molar-refractivity contribution in [2.75, 3.05) is 7.05 Å². The van der Waals surface area contributed by atoms with Crippen LogP contribution in [0.2, 0.25) is 0 Å². The Morgan fingerprint density at radius 2 is 2.22 bits per heavy atom. The van der Waals surface area contributed by atoms with Crippen molar-refractivity contribution in [1.82, 2.24) is 5.32 Å². The van der Waals surface area contributed by atoms with E-state index < -0.39 is 5.60 Å². The molecule has 0 aliphatic carbocycles. The van der Waals surface area contributed by atoms with Gasteiger partial charge in [-0.25, -0.2) is 0 Å².